The molecule has 6 nitrogen and oxygen atoms in total. The predicted molar refractivity (Wildman–Crippen MR) is 101 cm³/mol. The number of nitrogens with zero attached hydrogens (tertiary/aromatic N) is 2. The molecule has 3 aromatic rings. The average Bonchev–Trinajstić information content (AvgIpc) is 2.62. The molecule has 0 saturated heterocycles. The van der Waals surface area contributed by atoms with Crippen LogP contribution in [-0.4, -0.2) is 29.1 Å². The highest BCUT2D eigenvalue weighted by atomic mass is 16.1. The number of aromatic nitrogens is 2. The molecule has 0 aliphatic carbocycles. The Kier molecular flexibility index (Phi) is 4.03. The quantitative estimate of drug-likeness (QED) is 0.627. The van der Waals surface area contributed by atoms with Gasteiger partial charge in [-0.3, -0.25) is 4.79 Å². The van der Waals surface area contributed by atoms with Crippen LogP contribution >= 0.6 is 0 Å². The van der Waals surface area contributed by atoms with Crippen molar-refractivity contribution in [3.8, 4) is 0 Å². The first-order valence-corrected chi connectivity index (χ1v) is 8.33. The van der Waals surface area contributed by atoms with Crippen molar-refractivity contribution >= 4 is 28.1 Å². The second-order valence-corrected chi connectivity index (χ2v) is 6.20. The summed E-state index contributed by atoms with van der Waals surface area (Å²) in [6, 6.07) is 14.1. The molecule has 6 heteroatoms. The van der Waals surface area contributed by atoms with Gasteiger partial charge in [0.2, 0.25) is 0 Å². The van der Waals surface area contributed by atoms with E-state index in [9.17, 15) is 4.79 Å². The van der Waals surface area contributed by atoms with Gasteiger partial charge in [0.15, 0.2) is 5.82 Å². The zero-order chi connectivity index (χ0) is 17.2. The van der Waals surface area contributed by atoms with Gasteiger partial charge in [0.1, 0.15) is 5.84 Å². The van der Waals surface area contributed by atoms with E-state index in [0.717, 1.165) is 29.9 Å². The number of nitrogens with one attached hydrogen (secondary N) is 3. The van der Waals surface area contributed by atoms with Crippen LogP contribution in [0.4, 0.5) is 11.5 Å². The Balaban J connectivity index is 1.45. The zero-order valence-electron chi connectivity index (χ0n) is 14.0. The Morgan fingerprint density at radius 3 is 2.92 bits per heavy atom. The van der Waals surface area contributed by atoms with Crippen molar-refractivity contribution in [2.24, 2.45) is 4.99 Å². The fourth-order valence-electron chi connectivity index (χ4n) is 3.09. The second-order valence-electron chi connectivity index (χ2n) is 6.20. The molecule has 2 heterocycles. The molecule has 1 aliphatic rings. The van der Waals surface area contributed by atoms with Crippen molar-refractivity contribution < 1.29 is 0 Å². The number of aryl methyl sites for hydroxylation is 1. The lowest BCUT2D eigenvalue weighted by atomic mass is 10.1. The maximum absolute atomic E-state index is 11.9. The van der Waals surface area contributed by atoms with Crippen molar-refractivity contribution in [3.63, 3.8) is 0 Å². The minimum absolute atomic E-state index is 0.197. The van der Waals surface area contributed by atoms with Crippen molar-refractivity contribution in [1.29, 1.82) is 0 Å². The summed E-state index contributed by atoms with van der Waals surface area (Å²) in [5.74, 6) is 1.35. The summed E-state index contributed by atoms with van der Waals surface area (Å²) in [5, 5.41) is 14.7. The van der Waals surface area contributed by atoms with E-state index in [1.807, 2.05) is 12.1 Å². The topological polar surface area (TPSA) is 82.2 Å². The van der Waals surface area contributed by atoms with Crippen molar-refractivity contribution in [1.82, 2.24) is 15.5 Å². The van der Waals surface area contributed by atoms with Crippen LogP contribution in [-0.2, 0) is 6.42 Å². The number of hydrogen-bond donors (Lipinski definition) is 3. The minimum Gasteiger partial charge on any atom is -0.342 e. The van der Waals surface area contributed by atoms with E-state index in [4.69, 9.17) is 0 Å². The largest absolute Gasteiger partial charge is 0.342 e. The van der Waals surface area contributed by atoms with Gasteiger partial charge >= 0.3 is 0 Å². The molecule has 0 unspecified atom stereocenters. The molecule has 0 amide bonds. The maximum Gasteiger partial charge on any atom is 0.272 e. The van der Waals surface area contributed by atoms with Crippen LogP contribution < -0.4 is 16.2 Å². The first-order valence-electron chi connectivity index (χ1n) is 8.33. The van der Waals surface area contributed by atoms with Crippen LogP contribution in [0.5, 0.6) is 0 Å². The molecule has 1 aliphatic heterocycles. The molecule has 3 N–H and O–H groups in total. The Hall–Kier alpha value is -2.99. The van der Waals surface area contributed by atoms with Crippen LogP contribution in [0.1, 0.15) is 11.1 Å². The SMILES string of the molecule is Cc1cccc(CCNCC2=Nc3n[nH]c(=O)c4cccc(c34)N2)c1. The van der Waals surface area contributed by atoms with Gasteiger partial charge < -0.3 is 10.6 Å². The van der Waals surface area contributed by atoms with Crippen LogP contribution in [0.15, 0.2) is 52.3 Å². The Morgan fingerprint density at radius 1 is 1.16 bits per heavy atom. The summed E-state index contributed by atoms with van der Waals surface area (Å²) in [4.78, 5) is 16.4. The lowest BCUT2D eigenvalue weighted by Gasteiger charge is -2.18. The molecule has 2 aromatic carbocycles. The molecule has 0 saturated carbocycles. The molecule has 0 bridgehead atoms. The van der Waals surface area contributed by atoms with Gasteiger partial charge in [-0.15, -0.1) is 0 Å². The Bertz CT molecular complexity index is 1020. The van der Waals surface area contributed by atoms with Crippen LogP contribution in [0.2, 0.25) is 0 Å². The van der Waals surface area contributed by atoms with Gasteiger partial charge in [0.05, 0.1) is 23.0 Å². The summed E-state index contributed by atoms with van der Waals surface area (Å²) in [6.07, 6.45) is 0.965. The van der Waals surface area contributed by atoms with E-state index in [1.165, 1.54) is 11.1 Å². The van der Waals surface area contributed by atoms with E-state index in [0.29, 0.717) is 17.7 Å². The van der Waals surface area contributed by atoms with Gasteiger partial charge in [-0.05, 0) is 37.6 Å². The summed E-state index contributed by atoms with van der Waals surface area (Å²) in [6.45, 7) is 3.58. The zero-order valence-corrected chi connectivity index (χ0v) is 14.0. The molecule has 4 rings (SSSR count). The van der Waals surface area contributed by atoms with E-state index in [2.05, 4.69) is 57.0 Å². The highest BCUT2D eigenvalue weighted by molar-refractivity contribution is 6.12. The highest BCUT2D eigenvalue weighted by Crippen LogP contribution is 2.31. The Labute approximate surface area is 145 Å². The molecule has 0 radical (unpaired) electrons. The van der Waals surface area contributed by atoms with Gasteiger partial charge in [0.25, 0.3) is 5.56 Å². The van der Waals surface area contributed by atoms with Gasteiger partial charge in [-0.25, -0.2) is 10.1 Å². The minimum atomic E-state index is -0.197. The Morgan fingerprint density at radius 2 is 2.04 bits per heavy atom. The average molecular weight is 333 g/mol. The standard InChI is InChI=1S/C19H19N5O/c1-12-4-2-5-13(10-12)8-9-20-11-16-21-15-7-3-6-14-17(15)18(22-16)23-24-19(14)25/h2-7,10,20H,8-9,11H2,1H3,(H,24,25)(H,21,22,23). The molecule has 25 heavy (non-hydrogen) atoms. The normalized spacial score (nSPS) is 12.8. The van der Waals surface area contributed by atoms with E-state index in [-0.39, 0.29) is 5.56 Å². The van der Waals surface area contributed by atoms with Crippen molar-refractivity contribution in [2.75, 3.05) is 18.4 Å². The van der Waals surface area contributed by atoms with Crippen molar-refractivity contribution in [3.05, 3.63) is 63.9 Å². The third kappa shape index (κ3) is 3.16. The van der Waals surface area contributed by atoms with E-state index in [1.54, 1.807) is 6.07 Å². The third-order valence-corrected chi connectivity index (χ3v) is 4.28. The number of hydrogen-bond acceptors (Lipinski definition) is 5. The number of anilines is 1. The monoisotopic (exact) mass is 333 g/mol. The van der Waals surface area contributed by atoms with Crippen LogP contribution in [0, 0.1) is 6.92 Å². The number of rotatable bonds is 5. The number of amidine groups is 1. The summed E-state index contributed by atoms with van der Waals surface area (Å²) >= 11 is 0. The number of aromatic amines is 1. The smallest absolute Gasteiger partial charge is 0.272 e. The number of aliphatic imine (C=N–C) groups is 1. The fourth-order valence-corrected chi connectivity index (χ4v) is 3.09. The van der Waals surface area contributed by atoms with Gasteiger partial charge in [-0.1, -0.05) is 35.9 Å². The van der Waals surface area contributed by atoms with Crippen molar-refractivity contribution in [2.45, 2.75) is 13.3 Å². The molecule has 0 spiro atoms. The molecular weight excluding hydrogens is 314 g/mol. The predicted octanol–water partition coefficient (Wildman–Crippen LogP) is 2.52. The lowest BCUT2D eigenvalue weighted by Crippen LogP contribution is -2.31. The summed E-state index contributed by atoms with van der Waals surface area (Å²) in [7, 11) is 0. The first-order chi connectivity index (χ1) is 12.2. The molecule has 126 valence electrons. The van der Waals surface area contributed by atoms with Crippen LogP contribution in [0.25, 0.3) is 10.8 Å². The fraction of sp³-hybridized carbons (Fsp3) is 0.211. The lowest BCUT2D eigenvalue weighted by molar-refractivity contribution is 0.756. The highest BCUT2D eigenvalue weighted by Gasteiger charge is 2.16. The van der Waals surface area contributed by atoms with Gasteiger partial charge in [0, 0.05) is 0 Å². The molecule has 0 atom stereocenters. The molecule has 0 fully saturated rings. The first kappa shape index (κ1) is 15.5. The third-order valence-electron chi connectivity index (χ3n) is 4.28. The molecular formula is C19H19N5O. The number of H-pyrrole nitrogens is 1. The number of benzene rings is 2. The summed E-state index contributed by atoms with van der Waals surface area (Å²) < 4.78 is 0. The van der Waals surface area contributed by atoms with E-state index < -0.39 is 0 Å². The van der Waals surface area contributed by atoms with E-state index >= 15 is 0 Å². The molecule has 1 aromatic heterocycles. The van der Waals surface area contributed by atoms with Crippen LogP contribution in [0.3, 0.4) is 0 Å². The maximum atomic E-state index is 11.9. The summed E-state index contributed by atoms with van der Waals surface area (Å²) in [5.41, 5.74) is 3.27. The second kappa shape index (κ2) is 6.49. The van der Waals surface area contributed by atoms with Gasteiger partial charge in [-0.2, -0.15) is 5.10 Å².